The maximum atomic E-state index is 12.2. The quantitative estimate of drug-likeness (QED) is 0.245. The topological polar surface area (TPSA) is 62.6 Å². The summed E-state index contributed by atoms with van der Waals surface area (Å²) in [4.78, 5) is 12.2. The maximum absolute atomic E-state index is 12.2. The van der Waals surface area contributed by atoms with Gasteiger partial charge in [-0.1, -0.05) is 70.0 Å². The molecule has 1 atom stereocenters. The minimum Gasteiger partial charge on any atom is -0.503 e. The van der Waals surface area contributed by atoms with Crippen molar-refractivity contribution in [3.8, 4) is 5.88 Å². The van der Waals surface area contributed by atoms with Gasteiger partial charge in [-0.05, 0) is 29.4 Å². The average Bonchev–Trinajstić information content (AvgIpc) is 3.05. The molecule has 0 fully saturated rings. The fourth-order valence-electron chi connectivity index (χ4n) is 3.53. The van der Waals surface area contributed by atoms with Crippen LogP contribution < -0.4 is 4.74 Å². The molecule has 0 radical (unpaired) electrons. The second-order valence-electron chi connectivity index (χ2n) is 7.94. The van der Waals surface area contributed by atoms with Gasteiger partial charge >= 0.3 is 5.97 Å². The second-order valence-corrected chi connectivity index (χ2v) is 8.30. The number of aromatic nitrogens is 2. The van der Waals surface area contributed by atoms with E-state index >= 15 is 0 Å². The Morgan fingerprint density at radius 2 is 1.94 bits per heavy atom. The van der Waals surface area contributed by atoms with Gasteiger partial charge in [-0.2, -0.15) is 0 Å². The van der Waals surface area contributed by atoms with Crippen molar-refractivity contribution in [1.82, 2.24) is 9.78 Å². The molecular formula is C24H33ClN2O4. The van der Waals surface area contributed by atoms with E-state index in [4.69, 9.17) is 25.8 Å². The van der Waals surface area contributed by atoms with Crippen molar-refractivity contribution in [2.45, 2.75) is 59.6 Å². The number of nitrogens with zero attached hydrogens (tertiary/aromatic N) is 2. The lowest BCUT2D eigenvalue weighted by Gasteiger charge is -2.13. The van der Waals surface area contributed by atoms with E-state index in [0.717, 1.165) is 30.5 Å². The van der Waals surface area contributed by atoms with Crippen LogP contribution in [-0.4, -0.2) is 30.0 Å². The monoisotopic (exact) mass is 448 g/mol. The van der Waals surface area contributed by atoms with E-state index in [-0.39, 0.29) is 12.5 Å². The molecule has 0 aliphatic heterocycles. The third kappa shape index (κ3) is 6.26. The standard InChI is InChI=1S/C24H33ClN2O4/c1-7-10-17(4)13-27-22(25)21(16(2)3)23(26-27)31-14-18-11-8-9-12-19(18)20(15-29-5)24(28)30-6/h8-9,11-12,15-17H,7,10,13-14H2,1-6H3/b20-15+. The Balaban J connectivity index is 2.33. The van der Waals surface area contributed by atoms with Crippen molar-refractivity contribution in [1.29, 1.82) is 0 Å². The number of rotatable bonds is 11. The summed E-state index contributed by atoms with van der Waals surface area (Å²) >= 11 is 6.67. The molecule has 2 rings (SSSR count). The first-order valence-corrected chi connectivity index (χ1v) is 11.0. The molecule has 0 saturated carbocycles. The van der Waals surface area contributed by atoms with Crippen molar-refractivity contribution in [3.63, 3.8) is 0 Å². The molecule has 0 bridgehead atoms. The normalized spacial score (nSPS) is 12.7. The highest BCUT2D eigenvalue weighted by Gasteiger charge is 2.23. The van der Waals surface area contributed by atoms with Crippen molar-refractivity contribution >= 4 is 23.1 Å². The summed E-state index contributed by atoms with van der Waals surface area (Å²) in [7, 11) is 2.83. The number of hydrogen-bond acceptors (Lipinski definition) is 5. The average molecular weight is 449 g/mol. The first-order valence-electron chi connectivity index (χ1n) is 10.6. The van der Waals surface area contributed by atoms with Crippen molar-refractivity contribution in [3.05, 3.63) is 52.4 Å². The predicted molar refractivity (Wildman–Crippen MR) is 123 cm³/mol. The minimum atomic E-state index is -0.477. The summed E-state index contributed by atoms with van der Waals surface area (Å²) in [6.07, 6.45) is 3.61. The summed E-state index contributed by atoms with van der Waals surface area (Å²) in [6, 6.07) is 7.48. The lowest BCUT2D eigenvalue weighted by atomic mass is 10.0. The van der Waals surface area contributed by atoms with E-state index in [0.29, 0.717) is 28.1 Å². The Labute approximate surface area is 190 Å². The SMILES string of the molecule is CCCC(C)Cn1nc(OCc2ccccc2/C(=C\OC)C(=O)OC)c(C(C)C)c1Cl. The van der Waals surface area contributed by atoms with Crippen LogP contribution in [-0.2, 0) is 27.4 Å². The zero-order valence-electron chi connectivity index (χ0n) is 19.3. The van der Waals surface area contributed by atoms with E-state index < -0.39 is 5.97 Å². The predicted octanol–water partition coefficient (Wildman–Crippen LogP) is 5.84. The largest absolute Gasteiger partial charge is 0.503 e. The highest BCUT2D eigenvalue weighted by molar-refractivity contribution is 6.30. The van der Waals surface area contributed by atoms with Gasteiger partial charge in [0.25, 0.3) is 0 Å². The van der Waals surface area contributed by atoms with Crippen LogP contribution in [0.3, 0.4) is 0 Å². The maximum Gasteiger partial charge on any atom is 0.341 e. The van der Waals surface area contributed by atoms with Gasteiger partial charge in [-0.3, -0.25) is 0 Å². The molecule has 170 valence electrons. The smallest absolute Gasteiger partial charge is 0.341 e. The minimum absolute atomic E-state index is 0.159. The highest BCUT2D eigenvalue weighted by Crippen LogP contribution is 2.34. The van der Waals surface area contributed by atoms with Gasteiger partial charge < -0.3 is 14.2 Å². The third-order valence-corrected chi connectivity index (χ3v) is 5.45. The van der Waals surface area contributed by atoms with Crippen LogP contribution in [0.25, 0.3) is 5.57 Å². The summed E-state index contributed by atoms with van der Waals surface area (Å²) in [6.45, 7) is 9.48. The molecule has 0 N–H and O–H groups in total. The van der Waals surface area contributed by atoms with Gasteiger partial charge in [0.1, 0.15) is 17.3 Å². The Kier molecular flexibility index (Phi) is 9.44. The first-order chi connectivity index (χ1) is 14.8. The molecule has 1 aromatic carbocycles. The number of ether oxygens (including phenoxy) is 3. The van der Waals surface area contributed by atoms with Crippen LogP contribution in [0.5, 0.6) is 5.88 Å². The van der Waals surface area contributed by atoms with Crippen LogP contribution in [0.2, 0.25) is 5.15 Å². The van der Waals surface area contributed by atoms with Gasteiger partial charge in [0, 0.05) is 6.54 Å². The lowest BCUT2D eigenvalue weighted by molar-refractivity contribution is -0.133. The molecule has 1 aromatic heterocycles. The van der Waals surface area contributed by atoms with Gasteiger partial charge in [0.2, 0.25) is 5.88 Å². The molecule has 0 saturated heterocycles. The molecule has 31 heavy (non-hydrogen) atoms. The van der Waals surface area contributed by atoms with Crippen LogP contribution >= 0.6 is 11.6 Å². The molecule has 0 aliphatic carbocycles. The van der Waals surface area contributed by atoms with Crippen molar-refractivity contribution in [2.24, 2.45) is 5.92 Å². The fraction of sp³-hybridized carbons (Fsp3) is 0.500. The number of esters is 1. The zero-order chi connectivity index (χ0) is 23.0. The summed E-state index contributed by atoms with van der Waals surface area (Å²) in [5.74, 6) is 0.674. The Hall–Kier alpha value is -2.47. The van der Waals surface area contributed by atoms with Crippen LogP contribution in [0.1, 0.15) is 63.1 Å². The molecule has 1 heterocycles. The molecule has 7 heteroatoms. The number of carbonyl (C=O) groups excluding carboxylic acids is 1. The fourth-order valence-corrected chi connectivity index (χ4v) is 3.94. The van der Waals surface area contributed by atoms with Crippen LogP contribution in [0.15, 0.2) is 30.5 Å². The molecule has 6 nitrogen and oxygen atoms in total. The van der Waals surface area contributed by atoms with Crippen LogP contribution in [0.4, 0.5) is 0 Å². The number of methoxy groups -OCH3 is 2. The summed E-state index contributed by atoms with van der Waals surface area (Å²) in [5.41, 5.74) is 2.72. The van der Waals surface area contributed by atoms with E-state index in [1.54, 1.807) is 0 Å². The molecule has 2 aromatic rings. The molecule has 0 aliphatic rings. The van der Waals surface area contributed by atoms with E-state index in [1.165, 1.54) is 20.5 Å². The van der Waals surface area contributed by atoms with E-state index in [9.17, 15) is 4.79 Å². The number of carbonyl (C=O) groups is 1. The third-order valence-electron chi connectivity index (χ3n) is 5.05. The van der Waals surface area contributed by atoms with Crippen molar-refractivity contribution in [2.75, 3.05) is 14.2 Å². The molecule has 0 spiro atoms. The van der Waals surface area contributed by atoms with E-state index in [1.807, 2.05) is 28.9 Å². The van der Waals surface area contributed by atoms with Crippen molar-refractivity contribution < 1.29 is 19.0 Å². The van der Waals surface area contributed by atoms with Gasteiger partial charge in [-0.25, -0.2) is 9.48 Å². The van der Waals surface area contributed by atoms with Crippen LogP contribution in [0, 0.1) is 5.92 Å². The summed E-state index contributed by atoms with van der Waals surface area (Å²) in [5, 5.41) is 5.28. The number of benzene rings is 1. The second kappa shape index (κ2) is 11.8. The van der Waals surface area contributed by atoms with Gasteiger partial charge in [0.05, 0.1) is 26.0 Å². The van der Waals surface area contributed by atoms with E-state index in [2.05, 4.69) is 32.8 Å². The lowest BCUT2D eigenvalue weighted by Crippen LogP contribution is -2.10. The Bertz CT molecular complexity index is 905. The summed E-state index contributed by atoms with van der Waals surface area (Å²) < 4.78 is 18.0. The first kappa shape index (κ1) is 24.8. The Morgan fingerprint density at radius 3 is 2.55 bits per heavy atom. The molecule has 1 unspecified atom stereocenters. The Morgan fingerprint density at radius 1 is 1.23 bits per heavy atom. The zero-order valence-corrected chi connectivity index (χ0v) is 20.0. The highest BCUT2D eigenvalue weighted by atomic mass is 35.5. The molecule has 0 amide bonds. The molecular weight excluding hydrogens is 416 g/mol. The van der Waals surface area contributed by atoms with Gasteiger partial charge in [0.15, 0.2) is 0 Å². The van der Waals surface area contributed by atoms with Gasteiger partial charge in [-0.15, -0.1) is 5.10 Å². The number of halogens is 1. The number of hydrogen-bond donors (Lipinski definition) is 0.